The molecule has 1 fully saturated rings. The molecule has 2 rings (SSSR count). The van der Waals surface area contributed by atoms with Crippen molar-refractivity contribution in [3.05, 3.63) is 30.3 Å². The lowest BCUT2D eigenvalue weighted by atomic mass is 10.1. The van der Waals surface area contributed by atoms with E-state index in [2.05, 4.69) is 0 Å². The highest BCUT2D eigenvalue weighted by molar-refractivity contribution is 5.71. The average Bonchev–Trinajstić information content (AvgIpc) is 2.83. The number of carbonyl (C=O) groups is 1. The van der Waals surface area contributed by atoms with E-state index in [4.69, 9.17) is 14.2 Å². The molecule has 1 heterocycles. The van der Waals surface area contributed by atoms with E-state index in [1.807, 2.05) is 52.8 Å². The molecule has 1 unspecified atom stereocenters. The van der Waals surface area contributed by atoms with Crippen LogP contribution in [0, 0.1) is 0 Å². The van der Waals surface area contributed by atoms with E-state index >= 15 is 0 Å². The summed E-state index contributed by atoms with van der Waals surface area (Å²) >= 11 is 0. The molecule has 1 aromatic carbocycles. The molecule has 0 radical (unpaired) electrons. The van der Waals surface area contributed by atoms with Gasteiger partial charge in [0.15, 0.2) is 5.79 Å². The van der Waals surface area contributed by atoms with Crippen LogP contribution in [0.4, 0.5) is 5.69 Å². The molecule has 134 valence electrons. The van der Waals surface area contributed by atoms with Crippen molar-refractivity contribution in [1.82, 2.24) is 0 Å². The van der Waals surface area contributed by atoms with E-state index in [0.29, 0.717) is 12.3 Å². The molecule has 6 heteroatoms. The summed E-state index contributed by atoms with van der Waals surface area (Å²) in [6.07, 6.45) is -0.454. The predicted octanol–water partition coefficient (Wildman–Crippen LogP) is 3.13. The maximum absolute atomic E-state index is 12.3. The molecule has 1 aliphatic rings. The number of anilines is 1. The molecule has 0 bridgehead atoms. The van der Waals surface area contributed by atoms with Gasteiger partial charge in [-0.2, -0.15) is 0 Å². The lowest BCUT2D eigenvalue weighted by Gasteiger charge is -2.32. The van der Waals surface area contributed by atoms with Crippen molar-refractivity contribution in [1.29, 1.82) is 0 Å². The van der Waals surface area contributed by atoms with E-state index in [9.17, 15) is 10.0 Å². The average molecular weight is 337 g/mol. The van der Waals surface area contributed by atoms with E-state index in [0.717, 1.165) is 5.06 Å². The first-order valence-corrected chi connectivity index (χ1v) is 8.14. The van der Waals surface area contributed by atoms with Crippen LogP contribution in [0.3, 0.4) is 0 Å². The minimum atomic E-state index is -0.742. The van der Waals surface area contributed by atoms with Crippen molar-refractivity contribution in [3.8, 4) is 0 Å². The van der Waals surface area contributed by atoms with Crippen molar-refractivity contribution in [2.45, 2.75) is 64.6 Å². The molecule has 0 saturated carbocycles. The molecule has 1 saturated heterocycles. The summed E-state index contributed by atoms with van der Waals surface area (Å²) in [5.41, 5.74) is 0.000374. The molecule has 0 amide bonds. The fourth-order valence-electron chi connectivity index (χ4n) is 2.61. The lowest BCUT2D eigenvalue weighted by Crippen LogP contribution is -2.46. The third-order valence-corrected chi connectivity index (χ3v) is 3.59. The molecule has 24 heavy (non-hydrogen) atoms. The Kier molecular flexibility index (Phi) is 5.52. The van der Waals surface area contributed by atoms with Crippen LogP contribution < -0.4 is 5.06 Å². The van der Waals surface area contributed by atoms with Crippen molar-refractivity contribution in [2.75, 3.05) is 11.7 Å². The summed E-state index contributed by atoms with van der Waals surface area (Å²) in [5, 5.41) is 11.7. The van der Waals surface area contributed by atoms with Crippen LogP contribution in [0.5, 0.6) is 0 Å². The van der Waals surface area contributed by atoms with Crippen LogP contribution in [0.25, 0.3) is 0 Å². The SMILES string of the molecule is CC(C)(C)OC(=O)CC([C@H]1COC(C)(C)O1)N(O)c1ccccc1. The number of benzene rings is 1. The predicted molar refractivity (Wildman–Crippen MR) is 89.9 cm³/mol. The zero-order valence-electron chi connectivity index (χ0n) is 15.0. The van der Waals surface area contributed by atoms with E-state index in [-0.39, 0.29) is 6.42 Å². The largest absolute Gasteiger partial charge is 0.460 e. The van der Waals surface area contributed by atoms with Gasteiger partial charge in [-0.05, 0) is 46.8 Å². The number of hydroxylamine groups is 1. The second kappa shape index (κ2) is 7.09. The van der Waals surface area contributed by atoms with Gasteiger partial charge in [0.25, 0.3) is 0 Å². The van der Waals surface area contributed by atoms with Gasteiger partial charge in [-0.3, -0.25) is 15.1 Å². The topological polar surface area (TPSA) is 68.2 Å². The van der Waals surface area contributed by atoms with Crippen molar-refractivity contribution < 1.29 is 24.2 Å². The van der Waals surface area contributed by atoms with E-state index in [1.54, 1.807) is 12.1 Å². The van der Waals surface area contributed by atoms with Crippen molar-refractivity contribution in [2.24, 2.45) is 0 Å². The number of esters is 1. The van der Waals surface area contributed by atoms with Gasteiger partial charge >= 0.3 is 5.97 Å². The van der Waals surface area contributed by atoms with Gasteiger partial charge in [-0.15, -0.1) is 0 Å². The molecule has 0 spiro atoms. The Bertz CT molecular complexity index is 552. The number of para-hydroxylation sites is 1. The number of nitrogens with zero attached hydrogens (tertiary/aromatic N) is 1. The highest BCUT2D eigenvalue weighted by Gasteiger charge is 2.41. The Morgan fingerprint density at radius 3 is 2.50 bits per heavy atom. The van der Waals surface area contributed by atoms with E-state index in [1.165, 1.54) is 0 Å². The summed E-state index contributed by atoms with van der Waals surface area (Å²) in [7, 11) is 0. The lowest BCUT2D eigenvalue weighted by molar-refractivity contribution is -0.160. The normalized spacial score (nSPS) is 21.3. The van der Waals surface area contributed by atoms with Crippen LogP contribution in [0.15, 0.2) is 30.3 Å². The Morgan fingerprint density at radius 1 is 1.38 bits per heavy atom. The zero-order chi connectivity index (χ0) is 18.0. The zero-order valence-corrected chi connectivity index (χ0v) is 15.0. The molecule has 0 aromatic heterocycles. The summed E-state index contributed by atoms with van der Waals surface area (Å²) < 4.78 is 16.8. The van der Waals surface area contributed by atoms with Crippen molar-refractivity contribution in [3.63, 3.8) is 0 Å². The van der Waals surface area contributed by atoms with Crippen LogP contribution in [0.1, 0.15) is 41.0 Å². The second-order valence-corrected chi connectivity index (χ2v) is 7.41. The molecule has 2 atom stereocenters. The highest BCUT2D eigenvalue weighted by atomic mass is 16.7. The molecule has 1 aliphatic heterocycles. The first-order chi connectivity index (χ1) is 11.1. The molecule has 1 aromatic rings. The number of hydrogen-bond donors (Lipinski definition) is 1. The molecular formula is C18H27NO5. The maximum atomic E-state index is 12.3. The highest BCUT2D eigenvalue weighted by Crippen LogP contribution is 2.29. The standard InChI is InChI=1S/C18H27NO5/c1-17(2,3)24-16(20)11-14(15-12-22-18(4,5)23-15)19(21)13-9-7-6-8-10-13/h6-10,14-15,21H,11-12H2,1-5H3/t14?,15-/m1/s1. The van der Waals surface area contributed by atoms with Gasteiger partial charge in [0.1, 0.15) is 11.7 Å². The minimum absolute atomic E-state index is 0.00717. The monoisotopic (exact) mass is 337 g/mol. The van der Waals surface area contributed by atoms with Crippen molar-refractivity contribution >= 4 is 11.7 Å². The van der Waals surface area contributed by atoms with Crippen LogP contribution in [-0.4, -0.2) is 41.3 Å². The Morgan fingerprint density at radius 2 is 2.00 bits per heavy atom. The first-order valence-electron chi connectivity index (χ1n) is 8.14. The summed E-state index contributed by atoms with van der Waals surface area (Å²) in [5.74, 6) is -1.13. The van der Waals surface area contributed by atoms with Gasteiger partial charge in [0, 0.05) is 0 Å². The third kappa shape index (κ3) is 5.19. The smallest absolute Gasteiger partial charge is 0.308 e. The maximum Gasteiger partial charge on any atom is 0.308 e. The molecule has 6 nitrogen and oxygen atoms in total. The van der Waals surface area contributed by atoms with Gasteiger partial charge in [0.05, 0.1) is 24.8 Å². The molecule has 0 aliphatic carbocycles. The van der Waals surface area contributed by atoms with Crippen LogP contribution in [0.2, 0.25) is 0 Å². The first kappa shape index (κ1) is 18.7. The molecule has 1 N–H and O–H groups in total. The van der Waals surface area contributed by atoms with Gasteiger partial charge in [-0.1, -0.05) is 18.2 Å². The van der Waals surface area contributed by atoms with Crippen LogP contribution in [-0.2, 0) is 19.0 Å². The number of ether oxygens (including phenoxy) is 3. The quantitative estimate of drug-likeness (QED) is 0.658. The summed E-state index contributed by atoms with van der Waals surface area (Å²) in [4.78, 5) is 12.3. The fraction of sp³-hybridized carbons (Fsp3) is 0.611. The molecular weight excluding hydrogens is 310 g/mol. The number of rotatable bonds is 5. The Hall–Kier alpha value is -1.63. The Balaban J connectivity index is 2.17. The van der Waals surface area contributed by atoms with E-state index < -0.39 is 29.5 Å². The van der Waals surface area contributed by atoms with Gasteiger partial charge in [0.2, 0.25) is 0 Å². The Labute approximate surface area is 143 Å². The fourth-order valence-corrected chi connectivity index (χ4v) is 2.61. The minimum Gasteiger partial charge on any atom is -0.460 e. The number of hydrogen-bond acceptors (Lipinski definition) is 6. The van der Waals surface area contributed by atoms with Gasteiger partial charge < -0.3 is 14.2 Å². The third-order valence-electron chi connectivity index (χ3n) is 3.59. The number of carbonyl (C=O) groups excluding carboxylic acids is 1. The second-order valence-electron chi connectivity index (χ2n) is 7.41. The van der Waals surface area contributed by atoms with Crippen LogP contribution >= 0.6 is 0 Å². The van der Waals surface area contributed by atoms with Gasteiger partial charge in [-0.25, -0.2) is 0 Å². The summed E-state index contributed by atoms with van der Waals surface area (Å²) in [6, 6.07) is 8.42. The summed E-state index contributed by atoms with van der Waals surface area (Å²) in [6.45, 7) is 9.35.